The lowest BCUT2D eigenvalue weighted by Crippen LogP contribution is -1.99. The van der Waals surface area contributed by atoms with Gasteiger partial charge in [0.05, 0.1) is 12.2 Å². The van der Waals surface area contributed by atoms with Crippen LogP contribution in [0, 0.1) is 29.9 Å². The first-order valence-corrected chi connectivity index (χ1v) is 4.15. The molecule has 72 valence electrons. The highest BCUT2D eigenvalue weighted by atomic mass is 19.1. The molecule has 1 aliphatic heterocycles. The van der Waals surface area contributed by atoms with E-state index >= 15 is 0 Å². The number of ether oxygens (including phenoxy) is 1. The molecule has 0 aliphatic carbocycles. The average Bonchev–Trinajstić information content (AvgIpc) is 2.95. The van der Waals surface area contributed by atoms with E-state index < -0.39 is 11.6 Å². The van der Waals surface area contributed by atoms with Crippen LogP contribution in [0.3, 0.4) is 0 Å². The Morgan fingerprint density at radius 2 is 2.21 bits per heavy atom. The molecular weight excluding hydrogens is 188 g/mol. The molecule has 1 aromatic rings. The van der Waals surface area contributed by atoms with Crippen molar-refractivity contribution in [2.45, 2.75) is 13.0 Å². The van der Waals surface area contributed by atoms with Crippen LogP contribution in [0.2, 0.25) is 0 Å². The fourth-order valence-corrected chi connectivity index (χ4v) is 1.46. The summed E-state index contributed by atoms with van der Waals surface area (Å²) in [7, 11) is 0. The maximum Gasteiger partial charge on any atom is 0.144 e. The van der Waals surface area contributed by atoms with Crippen LogP contribution in [0.25, 0.3) is 0 Å². The molecule has 4 heteroatoms. The molecule has 1 saturated heterocycles. The van der Waals surface area contributed by atoms with E-state index in [2.05, 4.69) is 0 Å². The second-order valence-electron chi connectivity index (χ2n) is 3.19. The standard InChI is InChI=1S/C10H7F2NO/c1-5-9(8-4-14-8)7(11)2-6(3-13)10(5)12/h2,8H,4H2,1H3. The van der Waals surface area contributed by atoms with Crippen molar-refractivity contribution in [1.29, 1.82) is 5.26 Å². The van der Waals surface area contributed by atoms with Gasteiger partial charge < -0.3 is 4.74 Å². The maximum atomic E-state index is 13.4. The molecule has 1 atom stereocenters. The monoisotopic (exact) mass is 195 g/mol. The van der Waals surface area contributed by atoms with E-state index in [1.54, 1.807) is 6.07 Å². The third-order valence-electron chi connectivity index (χ3n) is 2.27. The van der Waals surface area contributed by atoms with Crippen LogP contribution >= 0.6 is 0 Å². The molecule has 1 fully saturated rings. The summed E-state index contributed by atoms with van der Waals surface area (Å²) in [5.41, 5.74) is 0.148. The first kappa shape index (κ1) is 9.10. The molecule has 1 heterocycles. The highest BCUT2D eigenvalue weighted by molar-refractivity contribution is 5.42. The van der Waals surface area contributed by atoms with Crippen molar-refractivity contribution in [3.8, 4) is 6.07 Å². The summed E-state index contributed by atoms with van der Waals surface area (Å²) in [6, 6.07) is 2.52. The van der Waals surface area contributed by atoms with Crippen LogP contribution < -0.4 is 0 Å². The summed E-state index contributed by atoms with van der Waals surface area (Å²) in [6.07, 6.45) is -0.336. The van der Waals surface area contributed by atoms with Crippen molar-refractivity contribution in [2.24, 2.45) is 0 Å². The molecule has 14 heavy (non-hydrogen) atoms. The molecule has 0 aromatic heterocycles. The fourth-order valence-electron chi connectivity index (χ4n) is 1.46. The maximum absolute atomic E-state index is 13.4. The summed E-state index contributed by atoms with van der Waals surface area (Å²) in [5, 5.41) is 8.52. The number of halogens is 2. The first-order chi connectivity index (χ1) is 6.65. The third-order valence-corrected chi connectivity index (χ3v) is 2.27. The van der Waals surface area contributed by atoms with Gasteiger partial charge in [0.1, 0.15) is 23.8 Å². The Morgan fingerprint density at radius 1 is 1.57 bits per heavy atom. The normalized spacial score (nSPS) is 19.1. The minimum absolute atomic E-state index is 0.170. The minimum atomic E-state index is -0.653. The van der Waals surface area contributed by atoms with Crippen LogP contribution in [0.5, 0.6) is 0 Å². The predicted molar refractivity (Wildman–Crippen MR) is 44.5 cm³/mol. The van der Waals surface area contributed by atoms with E-state index in [-0.39, 0.29) is 22.8 Å². The first-order valence-electron chi connectivity index (χ1n) is 4.15. The van der Waals surface area contributed by atoms with E-state index in [1.165, 1.54) is 6.92 Å². The van der Waals surface area contributed by atoms with Crippen LogP contribution in [0.15, 0.2) is 6.07 Å². The van der Waals surface area contributed by atoms with E-state index in [1.807, 2.05) is 0 Å². The van der Waals surface area contributed by atoms with Gasteiger partial charge in [0, 0.05) is 5.56 Å². The molecule has 0 saturated carbocycles. The predicted octanol–water partition coefficient (Wildman–Crippen LogP) is 2.22. The number of rotatable bonds is 1. The summed E-state index contributed by atoms with van der Waals surface area (Å²) in [6.45, 7) is 1.87. The molecule has 0 spiro atoms. The molecule has 0 bridgehead atoms. The van der Waals surface area contributed by atoms with Crippen LogP contribution in [0.1, 0.15) is 22.8 Å². The SMILES string of the molecule is Cc1c(F)c(C#N)cc(F)c1C1CO1. The second-order valence-corrected chi connectivity index (χ2v) is 3.19. The van der Waals surface area contributed by atoms with Crippen LogP contribution in [-0.2, 0) is 4.74 Å². The Kier molecular flexibility index (Phi) is 1.97. The second kappa shape index (κ2) is 3.03. The van der Waals surface area contributed by atoms with E-state index in [9.17, 15) is 8.78 Å². The zero-order valence-corrected chi connectivity index (χ0v) is 7.47. The minimum Gasteiger partial charge on any atom is -0.368 e. The number of hydrogen-bond acceptors (Lipinski definition) is 2. The Labute approximate surface area is 79.7 Å². The number of benzene rings is 1. The summed E-state index contributed by atoms with van der Waals surface area (Å²) in [5.74, 6) is -1.22. The van der Waals surface area contributed by atoms with Crippen molar-refractivity contribution in [1.82, 2.24) is 0 Å². The summed E-state index contributed by atoms with van der Waals surface area (Å²) >= 11 is 0. The summed E-state index contributed by atoms with van der Waals surface area (Å²) in [4.78, 5) is 0. The quantitative estimate of drug-likeness (QED) is 0.644. The fraction of sp³-hybridized carbons (Fsp3) is 0.300. The van der Waals surface area contributed by atoms with Gasteiger partial charge in [-0.05, 0) is 18.6 Å². The highest BCUT2D eigenvalue weighted by Crippen LogP contribution is 2.35. The zero-order chi connectivity index (χ0) is 10.3. The Bertz CT molecular complexity index is 433. The Morgan fingerprint density at radius 3 is 2.71 bits per heavy atom. The van der Waals surface area contributed by atoms with Gasteiger partial charge >= 0.3 is 0 Å². The van der Waals surface area contributed by atoms with Gasteiger partial charge in [-0.2, -0.15) is 5.26 Å². The largest absolute Gasteiger partial charge is 0.368 e. The van der Waals surface area contributed by atoms with E-state index in [4.69, 9.17) is 10.00 Å². The van der Waals surface area contributed by atoms with Gasteiger partial charge in [0.2, 0.25) is 0 Å². The van der Waals surface area contributed by atoms with Gasteiger partial charge in [-0.3, -0.25) is 0 Å². The van der Waals surface area contributed by atoms with Gasteiger partial charge in [-0.15, -0.1) is 0 Å². The molecule has 2 nitrogen and oxygen atoms in total. The molecule has 1 aliphatic rings. The smallest absolute Gasteiger partial charge is 0.144 e. The lowest BCUT2D eigenvalue weighted by Gasteiger charge is -2.06. The lowest BCUT2D eigenvalue weighted by atomic mass is 10.0. The Balaban J connectivity index is 2.63. The molecular formula is C10H7F2NO. The number of nitrogens with zero attached hydrogens (tertiary/aromatic N) is 1. The number of epoxide rings is 1. The van der Waals surface area contributed by atoms with Gasteiger partial charge in [0.15, 0.2) is 0 Å². The van der Waals surface area contributed by atoms with Crippen molar-refractivity contribution in [3.63, 3.8) is 0 Å². The van der Waals surface area contributed by atoms with Crippen LogP contribution in [-0.4, -0.2) is 6.61 Å². The lowest BCUT2D eigenvalue weighted by molar-refractivity contribution is 0.405. The van der Waals surface area contributed by atoms with E-state index in [0.29, 0.717) is 6.61 Å². The van der Waals surface area contributed by atoms with Crippen molar-refractivity contribution < 1.29 is 13.5 Å². The molecule has 0 amide bonds. The van der Waals surface area contributed by atoms with Crippen LogP contribution in [0.4, 0.5) is 8.78 Å². The van der Waals surface area contributed by atoms with Crippen molar-refractivity contribution in [3.05, 3.63) is 34.4 Å². The van der Waals surface area contributed by atoms with Gasteiger partial charge in [-0.1, -0.05) is 0 Å². The third kappa shape index (κ3) is 1.26. The van der Waals surface area contributed by atoms with Gasteiger partial charge in [0.25, 0.3) is 0 Å². The molecule has 0 radical (unpaired) electrons. The van der Waals surface area contributed by atoms with E-state index in [0.717, 1.165) is 6.07 Å². The van der Waals surface area contributed by atoms with Gasteiger partial charge in [-0.25, -0.2) is 8.78 Å². The zero-order valence-electron chi connectivity index (χ0n) is 7.47. The molecule has 2 rings (SSSR count). The topological polar surface area (TPSA) is 36.3 Å². The molecule has 1 unspecified atom stereocenters. The number of nitriles is 1. The van der Waals surface area contributed by atoms with Crippen molar-refractivity contribution >= 4 is 0 Å². The van der Waals surface area contributed by atoms with Crippen molar-refractivity contribution in [2.75, 3.05) is 6.61 Å². The molecule has 1 aromatic carbocycles. The molecule has 0 N–H and O–H groups in total. The Hall–Kier alpha value is -1.47. The summed E-state index contributed by atoms with van der Waals surface area (Å²) < 4.78 is 31.7. The highest BCUT2D eigenvalue weighted by Gasteiger charge is 2.31. The number of hydrogen-bond donors (Lipinski definition) is 0. The average molecular weight is 195 g/mol.